The van der Waals surface area contributed by atoms with Crippen LogP contribution in [0.15, 0.2) is 29.8 Å². The predicted octanol–water partition coefficient (Wildman–Crippen LogP) is 1.99. The third-order valence-electron chi connectivity index (χ3n) is 2.34. The van der Waals surface area contributed by atoms with Crippen molar-refractivity contribution >= 4 is 12.0 Å². The van der Waals surface area contributed by atoms with Gasteiger partial charge < -0.3 is 10.1 Å². The highest BCUT2D eigenvalue weighted by Crippen LogP contribution is 2.25. The molecule has 3 heteroatoms. The van der Waals surface area contributed by atoms with Crippen LogP contribution in [0.1, 0.15) is 19.4 Å². The first-order valence-corrected chi connectivity index (χ1v) is 5.40. The Kier molecular flexibility index (Phi) is 2.95. The van der Waals surface area contributed by atoms with Crippen molar-refractivity contribution in [3.63, 3.8) is 0 Å². The fourth-order valence-corrected chi connectivity index (χ4v) is 1.60. The van der Waals surface area contributed by atoms with Crippen LogP contribution in [0.25, 0.3) is 6.08 Å². The van der Waals surface area contributed by atoms with Crippen molar-refractivity contribution in [3.05, 3.63) is 35.4 Å². The number of ether oxygens (including phenoxy) is 1. The normalized spacial score (nSPS) is 13.8. The predicted molar refractivity (Wildman–Crippen MR) is 63.2 cm³/mol. The van der Waals surface area contributed by atoms with E-state index in [1.807, 2.05) is 44.2 Å². The maximum Gasteiger partial charge on any atom is 0.250 e. The van der Waals surface area contributed by atoms with Crippen LogP contribution in [0.2, 0.25) is 0 Å². The largest absolute Gasteiger partial charge is 0.488 e. The average molecular weight is 217 g/mol. The topological polar surface area (TPSA) is 38.3 Å². The van der Waals surface area contributed by atoms with Gasteiger partial charge in [0, 0.05) is 11.6 Å². The molecule has 0 aromatic heterocycles. The highest BCUT2D eigenvalue weighted by Gasteiger charge is 2.16. The van der Waals surface area contributed by atoms with Crippen molar-refractivity contribution in [2.75, 3.05) is 6.61 Å². The Bertz CT molecular complexity index is 435. The molecule has 1 aliphatic heterocycles. The molecule has 0 bridgehead atoms. The van der Waals surface area contributed by atoms with E-state index in [2.05, 4.69) is 5.32 Å². The maximum absolute atomic E-state index is 11.8. The molecule has 16 heavy (non-hydrogen) atoms. The quantitative estimate of drug-likeness (QED) is 0.822. The summed E-state index contributed by atoms with van der Waals surface area (Å²) in [5, 5.41) is 2.86. The molecule has 3 nitrogen and oxygen atoms in total. The van der Waals surface area contributed by atoms with Gasteiger partial charge in [0.25, 0.3) is 5.91 Å². The minimum Gasteiger partial charge on any atom is -0.488 e. The summed E-state index contributed by atoms with van der Waals surface area (Å²) in [7, 11) is 0. The number of para-hydroxylation sites is 1. The monoisotopic (exact) mass is 217 g/mol. The summed E-state index contributed by atoms with van der Waals surface area (Å²) in [5.74, 6) is 0.785. The molecule has 1 heterocycles. The van der Waals surface area contributed by atoms with Crippen molar-refractivity contribution in [1.29, 1.82) is 0 Å². The van der Waals surface area contributed by atoms with E-state index in [-0.39, 0.29) is 11.9 Å². The van der Waals surface area contributed by atoms with Crippen molar-refractivity contribution in [3.8, 4) is 5.75 Å². The van der Waals surface area contributed by atoms with E-state index in [0.717, 1.165) is 11.3 Å². The van der Waals surface area contributed by atoms with Gasteiger partial charge in [-0.25, -0.2) is 0 Å². The van der Waals surface area contributed by atoms with E-state index in [1.165, 1.54) is 0 Å². The Hall–Kier alpha value is -1.77. The molecule has 0 atom stereocenters. The van der Waals surface area contributed by atoms with Crippen LogP contribution in [0.4, 0.5) is 0 Å². The number of amides is 1. The number of carbonyl (C=O) groups is 1. The highest BCUT2D eigenvalue weighted by atomic mass is 16.5. The van der Waals surface area contributed by atoms with E-state index >= 15 is 0 Å². The first-order valence-electron chi connectivity index (χ1n) is 5.40. The summed E-state index contributed by atoms with van der Waals surface area (Å²) in [4.78, 5) is 11.8. The molecule has 1 aliphatic rings. The zero-order valence-corrected chi connectivity index (χ0v) is 9.49. The first-order chi connectivity index (χ1) is 7.66. The van der Waals surface area contributed by atoms with E-state index in [1.54, 1.807) is 0 Å². The Balaban J connectivity index is 2.21. The molecule has 0 saturated heterocycles. The second-order valence-corrected chi connectivity index (χ2v) is 4.12. The molecule has 1 aromatic rings. The average Bonchev–Trinajstić information content (AvgIpc) is 2.27. The summed E-state index contributed by atoms with van der Waals surface area (Å²) >= 11 is 0. The van der Waals surface area contributed by atoms with Crippen molar-refractivity contribution in [2.45, 2.75) is 19.9 Å². The van der Waals surface area contributed by atoms with E-state index in [0.29, 0.717) is 12.2 Å². The second kappa shape index (κ2) is 4.39. The van der Waals surface area contributed by atoms with Gasteiger partial charge in [0.2, 0.25) is 0 Å². The third-order valence-corrected chi connectivity index (χ3v) is 2.34. The standard InChI is InChI=1S/C13H15NO2/c1-9(2)14-13(15)11-7-10-5-3-4-6-12(10)16-8-11/h3-7,9H,8H2,1-2H3,(H,14,15). The molecule has 1 aromatic carbocycles. The Morgan fingerprint density at radius 2 is 2.12 bits per heavy atom. The van der Waals surface area contributed by atoms with Gasteiger partial charge >= 0.3 is 0 Å². The van der Waals surface area contributed by atoms with E-state index in [4.69, 9.17) is 4.74 Å². The summed E-state index contributed by atoms with van der Waals surface area (Å²) in [6, 6.07) is 7.85. The summed E-state index contributed by atoms with van der Waals surface area (Å²) in [5.41, 5.74) is 1.63. The van der Waals surface area contributed by atoms with Gasteiger partial charge in [-0.05, 0) is 26.0 Å². The number of hydrogen-bond donors (Lipinski definition) is 1. The zero-order valence-electron chi connectivity index (χ0n) is 9.49. The number of carbonyl (C=O) groups excluding carboxylic acids is 1. The number of benzene rings is 1. The van der Waals surface area contributed by atoms with Crippen LogP contribution in [-0.4, -0.2) is 18.6 Å². The molecule has 0 fully saturated rings. The van der Waals surface area contributed by atoms with Gasteiger partial charge in [0.1, 0.15) is 12.4 Å². The lowest BCUT2D eigenvalue weighted by atomic mass is 10.1. The minimum atomic E-state index is -0.0514. The van der Waals surface area contributed by atoms with Gasteiger partial charge in [-0.3, -0.25) is 4.79 Å². The number of fused-ring (bicyclic) bond motifs is 1. The second-order valence-electron chi connectivity index (χ2n) is 4.12. The summed E-state index contributed by atoms with van der Waals surface area (Å²) < 4.78 is 5.51. The highest BCUT2D eigenvalue weighted by molar-refractivity contribution is 5.99. The molecule has 1 N–H and O–H groups in total. The molecule has 84 valence electrons. The van der Waals surface area contributed by atoms with Crippen LogP contribution in [-0.2, 0) is 4.79 Å². The maximum atomic E-state index is 11.8. The van der Waals surface area contributed by atoms with Gasteiger partial charge in [-0.2, -0.15) is 0 Å². The number of hydrogen-bond acceptors (Lipinski definition) is 2. The smallest absolute Gasteiger partial charge is 0.250 e. The molecule has 0 unspecified atom stereocenters. The lowest BCUT2D eigenvalue weighted by Gasteiger charge is -2.18. The van der Waals surface area contributed by atoms with Crippen LogP contribution < -0.4 is 10.1 Å². The Morgan fingerprint density at radius 1 is 1.38 bits per heavy atom. The summed E-state index contributed by atoms with van der Waals surface area (Å²) in [6.07, 6.45) is 1.89. The van der Waals surface area contributed by atoms with Crippen LogP contribution in [0, 0.1) is 0 Å². The first kappa shape index (κ1) is 10.7. The van der Waals surface area contributed by atoms with Crippen molar-refractivity contribution < 1.29 is 9.53 Å². The molecule has 2 rings (SSSR count). The molecular weight excluding hydrogens is 202 g/mol. The fourth-order valence-electron chi connectivity index (χ4n) is 1.60. The minimum absolute atomic E-state index is 0.0514. The zero-order chi connectivity index (χ0) is 11.5. The third kappa shape index (κ3) is 2.24. The van der Waals surface area contributed by atoms with Crippen LogP contribution in [0.3, 0.4) is 0 Å². The Labute approximate surface area is 95.1 Å². The van der Waals surface area contributed by atoms with E-state index in [9.17, 15) is 4.79 Å². The van der Waals surface area contributed by atoms with Crippen molar-refractivity contribution in [2.24, 2.45) is 0 Å². The Morgan fingerprint density at radius 3 is 2.88 bits per heavy atom. The molecule has 0 spiro atoms. The SMILES string of the molecule is CC(C)NC(=O)C1=Cc2ccccc2OC1. The van der Waals surface area contributed by atoms with Crippen LogP contribution >= 0.6 is 0 Å². The van der Waals surface area contributed by atoms with E-state index < -0.39 is 0 Å². The molecule has 0 radical (unpaired) electrons. The molecule has 0 aliphatic carbocycles. The van der Waals surface area contributed by atoms with Gasteiger partial charge in [-0.15, -0.1) is 0 Å². The summed E-state index contributed by atoms with van der Waals surface area (Å²) in [6.45, 7) is 4.22. The van der Waals surface area contributed by atoms with Crippen molar-refractivity contribution in [1.82, 2.24) is 5.32 Å². The van der Waals surface area contributed by atoms with Gasteiger partial charge in [0.15, 0.2) is 0 Å². The van der Waals surface area contributed by atoms with Crippen LogP contribution in [0.5, 0.6) is 5.75 Å². The molecule has 1 amide bonds. The lowest BCUT2D eigenvalue weighted by molar-refractivity contribution is -0.118. The number of rotatable bonds is 2. The lowest BCUT2D eigenvalue weighted by Crippen LogP contribution is -2.33. The fraction of sp³-hybridized carbons (Fsp3) is 0.308. The van der Waals surface area contributed by atoms with Gasteiger partial charge in [0.05, 0.1) is 5.57 Å². The molecule has 0 saturated carbocycles. The molecular formula is C13H15NO2. The van der Waals surface area contributed by atoms with Gasteiger partial charge in [-0.1, -0.05) is 18.2 Å². The number of nitrogens with one attached hydrogen (secondary N) is 1.